The van der Waals surface area contributed by atoms with E-state index in [1.807, 2.05) is 24.3 Å². The molecule has 0 radical (unpaired) electrons. The van der Waals surface area contributed by atoms with Crippen LogP contribution in [0.5, 0.6) is 0 Å². The van der Waals surface area contributed by atoms with Gasteiger partial charge >= 0.3 is 0 Å². The maximum absolute atomic E-state index is 11.2. The second kappa shape index (κ2) is 5.97. The van der Waals surface area contributed by atoms with Crippen molar-refractivity contribution >= 4 is 11.7 Å². The molecule has 1 aromatic heterocycles. The Hall–Kier alpha value is -2.40. The molecule has 0 saturated heterocycles. The Kier molecular flexibility index (Phi) is 4.10. The van der Waals surface area contributed by atoms with Gasteiger partial charge in [-0.15, -0.1) is 0 Å². The Morgan fingerprint density at radius 2 is 1.84 bits per heavy atom. The zero-order chi connectivity index (χ0) is 13.7. The van der Waals surface area contributed by atoms with Crippen molar-refractivity contribution in [2.75, 3.05) is 5.32 Å². The van der Waals surface area contributed by atoms with Gasteiger partial charge in [0.15, 0.2) is 0 Å². The Bertz CT molecular complexity index is 566. The van der Waals surface area contributed by atoms with Crippen LogP contribution in [0, 0.1) is 0 Å². The number of aromatic nitrogens is 1. The fourth-order valence-electron chi connectivity index (χ4n) is 1.72. The highest BCUT2D eigenvalue weighted by Crippen LogP contribution is 2.12. The van der Waals surface area contributed by atoms with E-state index in [-0.39, 0.29) is 0 Å². The van der Waals surface area contributed by atoms with Crippen molar-refractivity contribution in [2.45, 2.75) is 13.1 Å². The fraction of sp³-hybridized carbons (Fsp3) is 0.143. The monoisotopic (exact) mass is 256 g/mol. The molecule has 0 fully saturated rings. The van der Waals surface area contributed by atoms with Gasteiger partial charge in [-0.1, -0.05) is 24.3 Å². The van der Waals surface area contributed by atoms with E-state index in [0.717, 1.165) is 11.1 Å². The topological polar surface area (TPSA) is 94.0 Å². The summed E-state index contributed by atoms with van der Waals surface area (Å²) in [7, 11) is 0. The number of pyridine rings is 1. The van der Waals surface area contributed by atoms with Gasteiger partial charge in [-0.25, -0.2) is 4.98 Å². The first-order valence-corrected chi connectivity index (χ1v) is 5.97. The summed E-state index contributed by atoms with van der Waals surface area (Å²) in [5.41, 5.74) is 13.4. The summed E-state index contributed by atoms with van der Waals surface area (Å²) in [6.45, 7) is 1.10. The number of amides is 1. The Labute approximate surface area is 111 Å². The smallest absolute Gasteiger partial charge is 0.252 e. The Morgan fingerprint density at radius 3 is 2.47 bits per heavy atom. The van der Waals surface area contributed by atoms with Gasteiger partial charge in [0, 0.05) is 19.3 Å². The summed E-state index contributed by atoms with van der Waals surface area (Å²) in [6, 6.07) is 11.3. The van der Waals surface area contributed by atoms with Gasteiger partial charge in [0.2, 0.25) is 0 Å². The van der Waals surface area contributed by atoms with Crippen molar-refractivity contribution in [1.29, 1.82) is 0 Å². The molecule has 1 aromatic carbocycles. The van der Waals surface area contributed by atoms with Crippen LogP contribution in [0.3, 0.4) is 0 Å². The number of benzene rings is 1. The average Bonchev–Trinajstić information content (AvgIpc) is 2.46. The highest BCUT2D eigenvalue weighted by atomic mass is 16.1. The van der Waals surface area contributed by atoms with Crippen molar-refractivity contribution in [3.8, 4) is 0 Å². The van der Waals surface area contributed by atoms with E-state index < -0.39 is 5.91 Å². The van der Waals surface area contributed by atoms with Crippen LogP contribution in [0.15, 0.2) is 42.6 Å². The molecule has 0 aliphatic rings. The van der Waals surface area contributed by atoms with Gasteiger partial charge < -0.3 is 16.8 Å². The number of anilines is 1. The molecule has 0 saturated carbocycles. The van der Waals surface area contributed by atoms with Crippen molar-refractivity contribution in [3.05, 3.63) is 59.3 Å². The third-order valence-corrected chi connectivity index (χ3v) is 2.79. The van der Waals surface area contributed by atoms with Crippen LogP contribution in [0.2, 0.25) is 0 Å². The van der Waals surface area contributed by atoms with E-state index in [9.17, 15) is 4.79 Å². The van der Waals surface area contributed by atoms with E-state index in [1.165, 1.54) is 0 Å². The second-order valence-electron chi connectivity index (χ2n) is 4.14. The molecule has 0 bridgehead atoms. The number of hydrogen-bond acceptors (Lipinski definition) is 4. The first-order chi connectivity index (χ1) is 9.20. The van der Waals surface area contributed by atoms with Crippen LogP contribution in [-0.2, 0) is 13.1 Å². The molecular weight excluding hydrogens is 240 g/mol. The Morgan fingerprint density at radius 1 is 1.16 bits per heavy atom. The third kappa shape index (κ3) is 3.29. The van der Waals surface area contributed by atoms with E-state index in [1.54, 1.807) is 18.3 Å². The minimum absolute atomic E-state index is 0.390. The number of nitrogens with zero attached hydrogens (tertiary/aromatic N) is 1. The predicted octanol–water partition coefficient (Wildman–Crippen LogP) is 1.25. The van der Waals surface area contributed by atoms with Gasteiger partial charge in [0.25, 0.3) is 5.91 Å². The van der Waals surface area contributed by atoms with Crippen molar-refractivity contribution < 1.29 is 4.79 Å². The first kappa shape index (κ1) is 13.0. The SMILES string of the molecule is NCc1ccc(CNc2ncccc2C(N)=O)cc1. The molecule has 98 valence electrons. The predicted molar refractivity (Wildman–Crippen MR) is 74.4 cm³/mol. The molecule has 1 heterocycles. The number of nitrogens with one attached hydrogen (secondary N) is 1. The molecule has 0 aliphatic heterocycles. The first-order valence-electron chi connectivity index (χ1n) is 5.97. The van der Waals surface area contributed by atoms with Gasteiger partial charge in [0.1, 0.15) is 5.82 Å². The number of primary amides is 1. The summed E-state index contributed by atoms with van der Waals surface area (Å²) in [5.74, 6) is 0.00646. The van der Waals surface area contributed by atoms with Crippen LogP contribution in [0.25, 0.3) is 0 Å². The summed E-state index contributed by atoms with van der Waals surface area (Å²) >= 11 is 0. The quantitative estimate of drug-likeness (QED) is 0.750. The summed E-state index contributed by atoms with van der Waals surface area (Å²) in [5, 5.41) is 3.11. The highest BCUT2D eigenvalue weighted by molar-refractivity contribution is 5.97. The fourth-order valence-corrected chi connectivity index (χ4v) is 1.72. The molecule has 5 heteroatoms. The number of nitrogens with two attached hydrogens (primary N) is 2. The molecule has 2 rings (SSSR count). The summed E-state index contributed by atoms with van der Waals surface area (Å²) in [4.78, 5) is 15.4. The average molecular weight is 256 g/mol. The van der Waals surface area contributed by atoms with Gasteiger partial charge in [-0.05, 0) is 23.3 Å². The van der Waals surface area contributed by atoms with Crippen molar-refractivity contribution in [1.82, 2.24) is 4.98 Å². The summed E-state index contributed by atoms with van der Waals surface area (Å²) < 4.78 is 0. The number of carbonyl (C=O) groups is 1. The molecule has 5 N–H and O–H groups in total. The third-order valence-electron chi connectivity index (χ3n) is 2.79. The van der Waals surface area contributed by atoms with Gasteiger partial charge in [-0.2, -0.15) is 0 Å². The molecule has 0 atom stereocenters. The zero-order valence-electron chi connectivity index (χ0n) is 10.5. The number of rotatable bonds is 5. The van der Waals surface area contributed by atoms with Crippen LogP contribution in [-0.4, -0.2) is 10.9 Å². The van der Waals surface area contributed by atoms with Crippen LogP contribution in [0.4, 0.5) is 5.82 Å². The minimum Gasteiger partial charge on any atom is -0.365 e. The number of hydrogen-bond donors (Lipinski definition) is 3. The van der Waals surface area contributed by atoms with Crippen LogP contribution >= 0.6 is 0 Å². The van der Waals surface area contributed by atoms with Crippen molar-refractivity contribution in [3.63, 3.8) is 0 Å². The maximum atomic E-state index is 11.2. The molecule has 1 amide bonds. The van der Waals surface area contributed by atoms with Gasteiger partial charge in [-0.3, -0.25) is 4.79 Å². The molecule has 5 nitrogen and oxygen atoms in total. The van der Waals surface area contributed by atoms with E-state index >= 15 is 0 Å². The lowest BCUT2D eigenvalue weighted by Crippen LogP contribution is -2.15. The zero-order valence-corrected chi connectivity index (χ0v) is 10.5. The van der Waals surface area contributed by atoms with Crippen LogP contribution < -0.4 is 16.8 Å². The molecular formula is C14H16N4O. The lowest BCUT2D eigenvalue weighted by molar-refractivity contribution is 0.100. The molecule has 19 heavy (non-hydrogen) atoms. The summed E-state index contributed by atoms with van der Waals surface area (Å²) in [6.07, 6.45) is 1.62. The standard InChI is InChI=1S/C14H16N4O/c15-8-10-3-5-11(6-4-10)9-18-14-12(13(16)19)2-1-7-17-14/h1-7H,8-9,15H2,(H2,16,19)(H,17,18). The Balaban J connectivity index is 2.07. The van der Waals surface area contributed by atoms with E-state index in [0.29, 0.717) is 24.5 Å². The lowest BCUT2D eigenvalue weighted by Gasteiger charge is -2.09. The molecule has 0 unspecified atom stereocenters. The largest absolute Gasteiger partial charge is 0.365 e. The van der Waals surface area contributed by atoms with E-state index in [2.05, 4.69) is 10.3 Å². The van der Waals surface area contributed by atoms with Crippen molar-refractivity contribution in [2.24, 2.45) is 11.5 Å². The maximum Gasteiger partial charge on any atom is 0.252 e. The lowest BCUT2D eigenvalue weighted by atomic mass is 10.1. The molecule has 0 spiro atoms. The molecule has 2 aromatic rings. The van der Waals surface area contributed by atoms with Gasteiger partial charge in [0.05, 0.1) is 5.56 Å². The van der Waals surface area contributed by atoms with Crippen LogP contribution in [0.1, 0.15) is 21.5 Å². The van der Waals surface area contributed by atoms with E-state index in [4.69, 9.17) is 11.5 Å². The highest BCUT2D eigenvalue weighted by Gasteiger charge is 2.07. The number of carbonyl (C=O) groups excluding carboxylic acids is 1. The normalized spacial score (nSPS) is 10.2. The minimum atomic E-state index is -0.492. The second-order valence-corrected chi connectivity index (χ2v) is 4.14. The molecule has 0 aliphatic carbocycles.